The number of anilines is 1. The number of aliphatic hydroxyl groups is 1. The van der Waals surface area contributed by atoms with Crippen LogP contribution in [0.1, 0.15) is 64.3 Å². The molecule has 2 amide bonds. The van der Waals surface area contributed by atoms with Gasteiger partial charge in [0.15, 0.2) is 6.29 Å². The molecule has 3 saturated heterocycles. The monoisotopic (exact) mass is 723 g/mol. The molecule has 1 aromatic heterocycles. The maximum atomic E-state index is 13.3. The highest BCUT2D eigenvalue weighted by molar-refractivity contribution is 5.94. The number of para-hydroxylation sites is 1. The van der Waals surface area contributed by atoms with Gasteiger partial charge in [0, 0.05) is 56.2 Å². The number of nitrogens with one attached hydrogen (secondary N) is 2. The number of hydrogen-bond donors (Lipinski definition) is 3. The molecule has 5 aromatic rings. The first-order valence-corrected chi connectivity index (χ1v) is 18.7. The van der Waals surface area contributed by atoms with E-state index in [1.807, 2.05) is 60.7 Å². The fourth-order valence-corrected chi connectivity index (χ4v) is 8.01. The number of pyridine rings is 1. The zero-order valence-electron chi connectivity index (χ0n) is 30.1. The minimum Gasteiger partial charge on any atom is -0.392 e. The number of piperidine rings is 1. The average Bonchev–Trinajstić information content (AvgIpc) is 3.55. The summed E-state index contributed by atoms with van der Waals surface area (Å²) >= 11 is 0. The van der Waals surface area contributed by atoms with Crippen LogP contribution in [0.5, 0.6) is 0 Å². The Labute approximate surface area is 315 Å². The molecule has 3 N–H and O–H groups in total. The van der Waals surface area contributed by atoms with Crippen LogP contribution in [0.2, 0.25) is 0 Å². The van der Waals surface area contributed by atoms with Crippen molar-refractivity contribution in [2.24, 2.45) is 0 Å². The zero-order valence-corrected chi connectivity index (χ0v) is 30.1. The molecular weight excluding hydrogens is 679 g/mol. The second-order valence-corrected chi connectivity index (χ2v) is 14.3. The number of carbonyl (C=O) groups excluding carboxylic acids is 2. The van der Waals surface area contributed by atoms with E-state index in [4.69, 9.17) is 9.47 Å². The second-order valence-electron chi connectivity index (χ2n) is 14.3. The maximum absolute atomic E-state index is 13.3. The summed E-state index contributed by atoms with van der Waals surface area (Å²) in [5.74, 6) is -0.0578. The van der Waals surface area contributed by atoms with Crippen molar-refractivity contribution in [1.29, 1.82) is 0 Å². The van der Waals surface area contributed by atoms with E-state index in [9.17, 15) is 14.7 Å². The number of rotatable bonds is 10. The maximum Gasteiger partial charge on any atom is 0.253 e. The Balaban J connectivity index is 0.974. The van der Waals surface area contributed by atoms with Crippen molar-refractivity contribution in [3.05, 3.63) is 155 Å². The van der Waals surface area contributed by atoms with E-state index < -0.39 is 11.8 Å². The molecule has 0 bridgehead atoms. The lowest BCUT2D eigenvalue weighted by Crippen LogP contribution is -2.57. The van der Waals surface area contributed by atoms with Crippen molar-refractivity contribution >= 4 is 17.5 Å². The molecule has 0 unspecified atom stereocenters. The fraction of sp³-hybridized carbons (Fsp3) is 0.295. The van der Waals surface area contributed by atoms with Crippen LogP contribution in [0, 0.1) is 0 Å². The first kappa shape index (κ1) is 35.6. The largest absolute Gasteiger partial charge is 0.392 e. The number of ether oxygens (including phenoxy) is 2. The number of nitrogens with zero attached hydrogens (tertiary/aromatic N) is 3. The summed E-state index contributed by atoms with van der Waals surface area (Å²) in [6.07, 6.45) is 4.48. The van der Waals surface area contributed by atoms with Gasteiger partial charge in [-0.3, -0.25) is 14.6 Å². The van der Waals surface area contributed by atoms with E-state index in [1.165, 1.54) is 0 Å². The van der Waals surface area contributed by atoms with Gasteiger partial charge >= 0.3 is 0 Å². The van der Waals surface area contributed by atoms with Gasteiger partial charge in [0.2, 0.25) is 5.91 Å². The predicted octanol–water partition coefficient (Wildman–Crippen LogP) is 6.14. The summed E-state index contributed by atoms with van der Waals surface area (Å²) < 4.78 is 13.4. The van der Waals surface area contributed by atoms with E-state index in [1.54, 1.807) is 24.5 Å². The Kier molecular flexibility index (Phi) is 10.5. The topological polar surface area (TPSA) is 116 Å². The smallest absolute Gasteiger partial charge is 0.253 e. The first-order valence-electron chi connectivity index (χ1n) is 18.7. The molecule has 4 aromatic carbocycles. The highest BCUT2D eigenvalue weighted by Gasteiger charge is 2.50. The number of aliphatic hydroxyl groups excluding tert-OH is 1. The lowest BCUT2D eigenvalue weighted by molar-refractivity contribution is -0.253. The van der Waals surface area contributed by atoms with Gasteiger partial charge in [-0.1, -0.05) is 91.0 Å². The Bertz CT molecular complexity index is 2040. The zero-order chi connectivity index (χ0) is 36.9. The Morgan fingerprint density at radius 3 is 2.35 bits per heavy atom. The summed E-state index contributed by atoms with van der Waals surface area (Å²) in [6.45, 7) is 3.19. The molecule has 0 saturated carbocycles. The Morgan fingerprint density at radius 1 is 0.870 bits per heavy atom. The second kappa shape index (κ2) is 15.9. The number of likely N-dealkylation sites (tertiary alicyclic amines) is 1. The van der Waals surface area contributed by atoms with Gasteiger partial charge in [-0.25, -0.2) is 0 Å². The standard InChI is InChI=1S/C44H45N5O5/c50-29-31-12-14-33(15-13-31)40-25-38(28-48-23-20-44(21-24-48)43(52)47-30-49(44)37-9-2-1-3-10-37)53-42(54-40)34-18-16-32(17-19-34)39-11-5-4-7-35(39)27-46-41(51)36-8-6-22-45-26-36/h1-19,22,26,38,40,42,50H,20-21,23-25,27-30H2,(H,46,51)(H,47,52)/t38-,40+,42+/m0/s1. The number of carbonyl (C=O) groups is 2. The summed E-state index contributed by atoms with van der Waals surface area (Å²) in [6, 6.07) is 38.0. The third-order valence-corrected chi connectivity index (χ3v) is 11.0. The van der Waals surface area contributed by atoms with Crippen LogP contribution in [-0.4, -0.2) is 64.8 Å². The molecule has 1 spiro atoms. The van der Waals surface area contributed by atoms with Crippen LogP contribution < -0.4 is 15.5 Å². The lowest BCUT2D eigenvalue weighted by atomic mass is 9.85. The van der Waals surface area contributed by atoms with Crippen LogP contribution >= 0.6 is 0 Å². The molecule has 3 fully saturated rings. The van der Waals surface area contributed by atoms with Gasteiger partial charge in [-0.05, 0) is 64.9 Å². The molecule has 0 aliphatic carbocycles. The van der Waals surface area contributed by atoms with E-state index in [2.05, 4.69) is 67.9 Å². The van der Waals surface area contributed by atoms with Gasteiger partial charge in [-0.15, -0.1) is 0 Å². The van der Waals surface area contributed by atoms with Gasteiger partial charge in [0.05, 0.1) is 31.0 Å². The van der Waals surface area contributed by atoms with Crippen molar-refractivity contribution in [2.75, 3.05) is 31.2 Å². The Hall–Kier alpha value is -5.39. The van der Waals surface area contributed by atoms with E-state index in [0.29, 0.717) is 25.2 Å². The highest BCUT2D eigenvalue weighted by atomic mass is 16.7. The number of aromatic nitrogens is 1. The molecular formula is C44H45N5O5. The average molecular weight is 724 g/mol. The summed E-state index contributed by atoms with van der Waals surface area (Å²) in [7, 11) is 0. The number of hydrogen-bond acceptors (Lipinski definition) is 8. The van der Waals surface area contributed by atoms with Crippen molar-refractivity contribution in [3.63, 3.8) is 0 Å². The normalized spacial score (nSPS) is 21.2. The van der Waals surface area contributed by atoms with E-state index in [-0.39, 0.29) is 30.6 Å². The molecule has 10 nitrogen and oxygen atoms in total. The van der Waals surface area contributed by atoms with E-state index >= 15 is 0 Å². The SMILES string of the molecule is O=C(NCc1ccccc1-c1ccc([C@@H]2O[C@H](CN3CCC4(CC3)C(=O)NCN4c3ccccc3)C[C@H](c3ccc(CO)cc3)O2)cc1)c1cccnc1. The van der Waals surface area contributed by atoms with Gasteiger partial charge in [0.25, 0.3) is 5.91 Å². The summed E-state index contributed by atoms with van der Waals surface area (Å²) in [5.41, 5.74) is 6.92. The van der Waals surface area contributed by atoms with Crippen LogP contribution in [0.3, 0.4) is 0 Å². The van der Waals surface area contributed by atoms with Gasteiger partial charge in [0.1, 0.15) is 5.54 Å². The molecule has 4 heterocycles. The lowest BCUT2D eigenvalue weighted by Gasteiger charge is -2.45. The Morgan fingerprint density at radius 2 is 1.61 bits per heavy atom. The van der Waals surface area contributed by atoms with Crippen LogP contribution in [0.4, 0.5) is 5.69 Å². The number of benzene rings is 4. The van der Waals surface area contributed by atoms with Crippen LogP contribution in [0.25, 0.3) is 11.1 Å². The van der Waals surface area contributed by atoms with Crippen molar-refractivity contribution in [1.82, 2.24) is 20.5 Å². The van der Waals surface area contributed by atoms with E-state index in [0.717, 1.165) is 71.5 Å². The van der Waals surface area contributed by atoms with Crippen molar-refractivity contribution < 1.29 is 24.2 Å². The molecule has 3 aliphatic heterocycles. The van der Waals surface area contributed by atoms with Crippen LogP contribution in [0.15, 0.2) is 128 Å². The summed E-state index contributed by atoms with van der Waals surface area (Å²) in [4.78, 5) is 34.7. The van der Waals surface area contributed by atoms with Gasteiger partial charge in [-0.2, -0.15) is 0 Å². The number of amides is 2. The molecule has 54 heavy (non-hydrogen) atoms. The molecule has 3 atom stereocenters. The first-order chi connectivity index (χ1) is 26.5. The minimum atomic E-state index is -0.584. The molecule has 3 aliphatic rings. The fourth-order valence-electron chi connectivity index (χ4n) is 8.01. The predicted molar refractivity (Wildman–Crippen MR) is 206 cm³/mol. The minimum absolute atomic E-state index is 0.0112. The highest BCUT2D eigenvalue weighted by Crippen LogP contribution is 2.40. The molecule has 8 rings (SSSR count). The van der Waals surface area contributed by atoms with Gasteiger partial charge < -0.3 is 35.0 Å². The molecule has 0 radical (unpaired) electrons. The molecule has 10 heteroatoms. The third kappa shape index (κ3) is 7.51. The van der Waals surface area contributed by atoms with Crippen molar-refractivity contribution in [3.8, 4) is 11.1 Å². The third-order valence-electron chi connectivity index (χ3n) is 11.0. The van der Waals surface area contributed by atoms with Crippen LogP contribution in [-0.2, 0) is 27.4 Å². The van der Waals surface area contributed by atoms with Crippen molar-refractivity contribution in [2.45, 2.75) is 56.5 Å². The quantitative estimate of drug-likeness (QED) is 0.157. The molecule has 276 valence electrons. The summed E-state index contributed by atoms with van der Waals surface area (Å²) in [5, 5.41) is 15.8.